The van der Waals surface area contributed by atoms with Crippen LogP contribution in [0, 0.1) is 0 Å². The van der Waals surface area contributed by atoms with Crippen molar-refractivity contribution in [1.29, 1.82) is 0 Å². The Morgan fingerprint density at radius 3 is 2.61 bits per heavy atom. The number of rotatable bonds is 6. The van der Waals surface area contributed by atoms with E-state index >= 15 is 0 Å². The highest BCUT2D eigenvalue weighted by atomic mass is 32.2. The first-order chi connectivity index (χ1) is 13.1. The van der Waals surface area contributed by atoms with Crippen LogP contribution in [-0.4, -0.2) is 61.6 Å². The molecule has 0 unspecified atom stereocenters. The highest BCUT2D eigenvalue weighted by Crippen LogP contribution is 2.31. The Hall–Kier alpha value is -2.11. The van der Waals surface area contributed by atoms with Gasteiger partial charge in [0.25, 0.3) is 16.1 Å². The molecule has 2 heterocycles. The number of piperidine rings is 1. The molecule has 11 heteroatoms. The Morgan fingerprint density at radius 2 is 2.04 bits per heavy atom. The predicted octanol–water partition coefficient (Wildman–Crippen LogP) is 1.77. The summed E-state index contributed by atoms with van der Waals surface area (Å²) in [6, 6.07) is 4.92. The number of anilines is 1. The normalized spacial score (nSPS) is 16.7. The molecule has 1 aliphatic rings. The Morgan fingerprint density at radius 1 is 1.36 bits per heavy atom. The molecule has 1 aliphatic heterocycles. The van der Waals surface area contributed by atoms with Crippen molar-refractivity contribution >= 4 is 26.8 Å². The first-order valence-electron chi connectivity index (χ1n) is 8.80. The maximum absolute atomic E-state index is 13.4. The van der Waals surface area contributed by atoms with Crippen molar-refractivity contribution < 1.29 is 21.9 Å². The van der Waals surface area contributed by atoms with Crippen LogP contribution in [0.5, 0.6) is 5.75 Å². The van der Waals surface area contributed by atoms with Gasteiger partial charge in [0, 0.05) is 37.5 Å². The Bertz CT molecular complexity index is 943. The van der Waals surface area contributed by atoms with Crippen LogP contribution < -0.4 is 14.8 Å². The van der Waals surface area contributed by atoms with Crippen molar-refractivity contribution in [3.05, 3.63) is 24.4 Å². The predicted molar refractivity (Wildman–Crippen MR) is 102 cm³/mol. The highest BCUT2D eigenvalue weighted by molar-refractivity contribution is 7.86. The summed E-state index contributed by atoms with van der Waals surface area (Å²) in [7, 11) is -2.65. The number of aromatic nitrogens is 2. The maximum Gasteiger partial charge on any atom is 0.277 e. The molecule has 1 saturated heterocycles. The zero-order chi connectivity index (χ0) is 20.5. The highest BCUT2D eigenvalue weighted by Gasteiger charge is 2.37. The number of fused-ring (bicyclic) bond motifs is 1. The van der Waals surface area contributed by atoms with Gasteiger partial charge in [-0.3, -0.25) is 0 Å². The summed E-state index contributed by atoms with van der Waals surface area (Å²) in [5, 5.41) is 14.2. The monoisotopic (exact) mass is 415 g/mol. The van der Waals surface area contributed by atoms with Gasteiger partial charge in [0.15, 0.2) is 0 Å². The molecule has 0 bridgehead atoms. The standard InChI is InChI=1S/C17H23F2N5O3S/c1-17(18,19)11-24(28(20,25)26)12-5-7-23(8-6-12)16-10-21-22-15-9-13(27-2)3-4-14(15)16/h3-4,9-10,12H,5-8,11H2,1-2H3,(H2,20,25,26). The molecule has 0 radical (unpaired) electrons. The van der Waals surface area contributed by atoms with Crippen molar-refractivity contribution in [3.63, 3.8) is 0 Å². The molecule has 2 N–H and O–H groups in total. The number of ether oxygens (including phenoxy) is 1. The molecule has 28 heavy (non-hydrogen) atoms. The number of nitrogens with two attached hydrogens (primary N) is 1. The fourth-order valence-electron chi connectivity index (χ4n) is 3.50. The van der Waals surface area contributed by atoms with Crippen LogP contribution >= 0.6 is 0 Å². The van der Waals surface area contributed by atoms with Gasteiger partial charge in [0.05, 0.1) is 31.1 Å². The molecular weight excluding hydrogens is 392 g/mol. The molecule has 0 atom stereocenters. The van der Waals surface area contributed by atoms with E-state index in [1.807, 2.05) is 17.0 Å². The number of benzene rings is 1. The quantitative estimate of drug-likeness (QED) is 0.772. The Kier molecular flexibility index (Phi) is 5.69. The van der Waals surface area contributed by atoms with Crippen LogP contribution in [0.2, 0.25) is 0 Å². The second-order valence-electron chi connectivity index (χ2n) is 6.99. The summed E-state index contributed by atoms with van der Waals surface area (Å²) in [6.07, 6.45) is 2.41. The molecule has 3 rings (SSSR count). The van der Waals surface area contributed by atoms with E-state index in [-0.39, 0.29) is 0 Å². The minimum Gasteiger partial charge on any atom is -0.497 e. The second kappa shape index (κ2) is 7.72. The number of hydrogen-bond donors (Lipinski definition) is 1. The molecule has 154 valence electrons. The van der Waals surface area contributed by atoms with Crippen LogP contribution in [0.15, 0.2) is 24.4 Å². The van der Waals surface area contributed by atoms with E-state index in [0.717, 1.165) is 15.4 Å². The number of halogens is 2. The van der Waals surface area contributed by atoms with Crippen LogP contribution in [0.25, 0.3) is 10.9 Å². The summed E-state index contributed by atoms with van der Waals surface area (Å²) in [5.41, 5.74) is 1.53. The molecule has 1 aromatic heterocycles. The SMILES string of the molecule is COc1ccc2c(N3CCC(N(CC(C)(F)F)S(N)(=O)=O)CC3)cnnc2c1. The lowest BCUT2D eigenvalue weighted by atomic mass is 10.0. The number of alkyl halides is 2. The summed E-state index contributed by atoms with van der Waals surface area (Å²) in [5.74, 6) is -2.49. The smallest absolute Gasteiger partial charge is 0.277 e. The van der Waals surface area contributed by atoms with Gasteiger partial charge in [0.1, 0.15) is 5.75 Å². The van der Waals surface area contributed by atoms with Gasteiger partial charge in [0.2, 0.25) is 0 Å². The van der Waals surface area contributed by atoms with Crippen LogP contribution in [0.1, 0.15) is 19.8 Å². The maximum atomic E-state index is 13.4. The molecule has 8 nitrogen and oxygen atoms in total. The molecule has 2 aromatic rings. The lowest BCUT2D eigenvalue weighted by Gasteiger charge is -2.38. The Labute approximate surface area is 162 Å². The van der Waals surface area contributed by atoms with Gasteiger partial charge in [-0.1, -0.05) is 0 Å². The largest absolute Gasteiger partial charge is 0.497 e. The molecule has 0 saturated carbocycles. The first-order valence-corrected chi connectivity index (χ1v) is 10.3. The molecule has 0 amide bonds. The van der Waals surface area contributed by atoms with Gasteiger partial charge in [-0.15, -0.1) is 0 Å². The van der Waals surface area contributed by atoms with Gasteiger partial charge in [-0.25, -0.2) is 13.9 Å². The number of methoxy groups -OCH3 is 1. The van der Waals surface area contributed by atoms with Crippen LogP contribution in [0.4, 0.5) is 14.5 Å². The molecule has 1 aromatic carbocycles. The van der Waals surface area contributed by atoms with Gasteiger partial charge in [-0.2, -0.15) is 22.9 Å². The lowest BCUT2D eigenvalue weighted by Crippen LogP contribution is -2.52. The number of nitrogens with zero attached hydrogens (tertiary/aromatic N) is 4. The van der Waals surface area contributed by atoms with Crippen molar-refractivity contribution in [3.8, 4) is 5.75 Å². The summed E-state index contributed by atoms with van der Waals surface area (Å²) in [6.45, 7) is 0.733. The summed E-state index contributed by atoms with van der Waals surface area (Å²) >= 11 is 0. The van der Waals surface area contributed by atoms with Crippen molar-refractivity contribution in [1.82, 2.24) is 14.5 Å². The first kappa shape index (κ1) is 20.6. The molecular formula is C17H23F2N5O3S. The zero-order valence-corrected chi connectivity index (χ0v) is 16.5. The average Bonchev–Trinajstić information content (AvgIpc) is 2.64. The molecule has 0 spiro atoms. The van der Waals surface area contributed by atoms with E-state index in [9.17, 15) is 17.2 Å². The summed E-state index contributed by atoms with van der Waals surface area (Å²) in [4.78, 5) is 2.05. The molecule has 1 fully saturated rings. The minimum atomic E-state index is -4.22. The second-order valence-corrected chi connectivity index (χ2v) is 8.49. The van der Waals surface area contributed by atoms with Crippen molar-refractivity contribution in [2.75, 3.05) is 31.6 Å². The third-order valence-electron chi connectivity index (χ3n) is 4.80. The van der Waals surface area contributed by atoms with Crippen LogP contribution in [-0.2, 0) is 10.2 Å². The van der Waals surface area contributed by atoms with Gasteiger partial charge >= 0.3 is 0 Å². The fourth-order valence-corrected chi connectivity index (χ4v) is 4.53. The van der Waals surface area contributed by atoms with Crippen LogP contribution in [0.3, 0.4) is 0 Å². The fraction of sp³-hybridized carbons (Fsp3) is 0.529. The van der Waals surface area contributed by atoms with E-state index in [2.05, 4.69) is 10.2 Å². The number of hydrogen-bond acceptors (Lipinski definition) is 6. The average molecular weight is 415 g/mol. The van der Waals surface area contributed by atoms with Crippen molar-refractivity contribution in [2.45, 2.75) is 31.7 Å². The summed E-state index contributed by atoms with van der Waals surface area (Å²) < 4.78 is 56.4. The third kappa shape index (κ3) is 4.65. The van der Waals surface area contributed by atoms with E-state index in [0.29, 0.717) is 44.1 Å². The van der Waals surface area contributed by atoms with Crippen molar-refractivity contribution in [2.24, 2.45) is 5.14 Å². The zero-order valence-electron chi connectivity index (χ0n) is 15.7. The van der Waals surface area contributed by atoms with Gasteiger partial charge < -0.3 is 9.64 Å². The van der Waals surface area contributed by atoms with E-state index in [4.69, 9.17) is 9.88 Å². The lowest BCUT2D eigenvalue weighted by molar-refractivity contribution is -0.00442. The van der Waals surface area contributed by atoms with Gasteiger partial charge in [-0.05, 0) is 25.0 Å². The van der Waals surface area contributed by atoms with E-state index in [1.54, 1.807) is 19.4 Å². The topological polar surface area (TPSA) is 102 Å². The van der Waals surface area contributed by atoms with E-state index in [1.165, 1.54) is 0 Å². The third-order valence-corrected chi connectivity index (χ3v) is 5.88. The Balaban J connectivity index is 1.79. The molecule has 0 aliphatic carbocycles. The van der Waals surface area contributed by atoms with E-state index < -0.39 is 28.7 Å². The minimum absolute atomic E-state index is 0.381.